The van der Waals surface area contributed by atoms with E-state index in [2.05, 4.69) is 18.5 Å². The highest BCUT2D eigenvalue weighted by molar-refractivity contribution is 6.10. The van der Waals surface area contributed by atoms with Gasteiger partial charge in [-0.25, -0.2) is 4.79 Å². The van der Waals surface area contributed by atoms with Crippen LogP contribution in [0, 0.1) is 0 Å². The van der Waals surface area contributed by atoms with Gasteiger partial charge in [0.1, 0.15) is 12.1 Å². The average molecular weight is 377 g/mol. The number of urea groups is 1. The third-order valence-electron chi connectivity index (χ3n) is 4.95. The van der Waals surface area contributed by atoms with E-state index >= 15 is 0 Å². The molecule has 1 fully saturated rings. The van der Waals surface area contributed by atoms with E-state index in [1.54, 1.807) is 19.1 Å². The molecule has 2 aromatic carbocycles. The third kappa shape index (κ3) is 3.29. The van der Waals surface area contributed by atoms with E-state index in [1.165, 1.54) is 4.90 Å². The van der Waals surface area contributed by atoms with E-state index < -0.39 is 17.5 Å². The Kier molecular flexibility index (Phi) is 5.31. The van der Waals surface area contributed by atoms with Crippen molar-refractivity contribution >= 4 is 28.6 Å². The van der Waals surface area contributed by atoms with E-state index in [-0.39, 0.29) is 12.5 Å². The van der Waals surface area contributed by atoms with E-state index in [0.29, 0.717) is 18.7 Å². The van der Waals surface area contributed by atoms with Crippen LogP contribution < -0.4 is 5.32 Å². The second kappa shape index (κ2) is 7.68. The van der Waals surface area contributed by atoms with Gasteiger partial charge in [-0.15, -0.1) is 13.2 Å². The van der Waals surface area contributed by atoms with Gasteiger partial charge in [0.25, 0.3) is 5.91 Å². The molecular weight excluding hydrogens is 354 g/mol. The molecular formula is C22H23N3O3. The maximum absolute atomic E-state index is 13.2. The fraction of sp³-hybridized carbons (Fsp3) is 0.227. The minimum atomic E-state index is -1.24. The lowest BCUT2D eigenvalue weighted by Crippen LogP contribution is -2.44. The van der Waals surface area contributed by atoms with Crippen LogP contribution in [0.2, 0.25) is 0 Å². The van der Waals surface area contributed by atoms with Crippen LogP contribution in [0.15, 0.2) is 67.8 Å². The molecule has 1 atom stereocenters. The van der Waals surface area contributed by atoms with Gasteiger partial charge in [-0.1, -0.05) is 54.6 Å². The summed E-state index contributed by atoms with van der Waals surface area (Å²) in [5, 5.41) is 4.63. The van der Waals surface area contributed by atoms with Gasteiger partial charge in [0.05, 0.1) is 0 Å². The topological polar surface area (TPSA) is 69.7 Å². The molecule has 144 valence electrons. The summed E-state index contributed by atoms with van der Waals surface area (Å²) in [6.45, 7) is 9.23. The number of carbonyl (C=O) groups is 3. The lowest BCUT2D eigenvalue weighted by molar-refractivity contribution is -0.138. The molecule has 2 aromatic rings. The van der Waals surface area contributed by atoms with Gasteiger partial charge in [0, 0.05) is 13.1 Å². The highest BCUT2D eigenvalue weighted by Gasteiger charge is 2.50. The zero-order valence-corrected chi connectivity index (χ0v) is 15.9. The summed E-state index contributed by atoms with van der Waals surface area (Å²) in [5.41, 5.74) is -0.534. The molecule has 1 heterocycles. The first-order chi connectivity index (χ1) is 13.4. The lowest BCUT2D eigenvalue weighted by atomic mass is 9.88. The van der Waals surface area contributed by atoms with Crippen LogP contribution in [0.3, 0.4) is 0 Å². The number of nitrogens with one attached hydrogen (secondary N) is 1. The van der Waals surface area contributed by atoms with Gasteiger partial charge in [0.2, 0.25) is 5.91 Å². The van der Waals surface area contributed by atoms with Gasteiger partial charge >= 0.3 is 6.03 Å². The van der Waals surface area contributed by atoms with E-state index in [0.717, 1.165) is 15.7 Å². The van der Waals surface area contributed by atoms with Gasteiger partial charge in [0.15, 0.2) is 0 Å². The molecule has 1 saturated heterocycles. The number of imide groups is 1. The number of nitrogens with zero attached hydrogens (tertiary/aromatic N) is 2. The Morgan fingerprint density at radius 1 is 1.11 bits per heavy atom. The Labute approximate surface area is 164 Å². The smallest absolute Gasteiger partial charge is 0.325 e. The predicted molar refractivity (Wildman–Crippen MR) is 109 cm³/mol. The number of fused-ring (bicyclic) bond motifs is 1. The summed E-state index contributed by atoms with van der Waals surface area (Å²) in [4.78, 5) is 40.8. The van der Waals surface area contributed by atoms with Gasteiger partial charge in [-0.3, -0.25) is 14.5 Å². The summed E-state index contributed by atoms with van der Waals surface area (Å²) >= 11 is 0. The molecule has 0 saturated carbocycles. The maximum Gasteiger partial charge on any atom is 0.325 e. The quantitative estimate of drug-likeness (QED) is 0.596. The van der Waals surface area contributed by atoms with Gasteiger partial charge in [-0.05, 0) is 23.3 Å². The highest BCUT2D eigenvalue weighted by atomic mass is 16.2. The fourth-order valence-corrected chi connectivity index (χ4v) is 3.51. The number of carbonyl (C=O) groups excluding carboxylic acids is 3. The predicted octanol–water partition coefficient (Wildman–Crippen LogP) is 2.81. The van der Waals surface area contributed by atoms with Crippen LogP contribution in [-0.2, 0) is 15.1 Å². The van der Waals surface area contributed by atoms with Crippen LogP contribution in [-0.4, -0.2) is 47.3 Å². The molecule has 1 aliphatic rings. The van der Waals surface area contributed by atoms with E-state index in [4.69, 9.17) is 0 Å². The first-order valence-electron chi connectivity index (χ1n) is 9.04. The Bertz CT molecular complexity index is 953. The second-order valence-corrected chi connectivity index (χ2v) is 6.85. The standard InChI is InChI=1S/C22H23N3O3/c1-4-13-24(14-5-2)19(26)15-25-20(27)22(3,23-21(25)28)18-12-8-10-16-9-6-7-11-17(16)18/h4-12H,1-2,13-15H2,3H3,(H,23,28). The van der Waals surface area contributed by atoms with Crippen LogP contribution in [0.25, 0.3) is 10.8 Å². The Morgan fingerprint density at radius 2 is 1.75 bits per heavy atom. The van der Waals surface area contributed by atoms with Crippen molar-refractivity contribution in [2.24, 2.45) is 0 Å². The molecule has 6 heteroatoms. The molecule has 0 bridgehead atoms. The summed E-state index contributed by atoms with van der Waals surface area (Å²) in [5.74, 6) is -0.787. The van der Waals surface area contributed by atoms with Gasteiger partial charge in [-0.2, -0.15) is 0 Å². The number of benzene rings is 2. The van der Waals surface area contributed by atoms with Crippen molar-refractivity contribution < 1.29 is 14.4 Å². The molecule has 1 N–H and O–H groups in total. The molecule has 0 aliphatic carbocycles. The van der Waals surface area contributed by atoms with Crippen molar-refractivity contribution in [3.63, 3.8) is 0 Å². The molecule has 3 rings (SSSR count). The zero-order chi connectivity index (χ0) is 20.3. The number of rotatable bonds is 7. The third-order valence-corrected chi connectivity index (χ3v) is 4.95. The van der Waals surface area contributed by atoms with E-state index in [1.807, 2.05) is 42.5 Å². The van der Waals surface area contributed by atoms with Crippen LogP contribution in [0.1, 0.15) is 12.5 Å². The summed E-state index contributed by atoms with van der Waals surface area (Å²) < 4.78 is 0. The fourth-order valence-electron chi connectivity index (χ4n) is 3.51. The van der Waals surface area contributed by atoms with Crippen molar-refractivity contribution in [1.29, 1.82) is 0 Å². The van der Waals surface area contributed by atoms with Crippen molar-refractivity contribution in [2.45, 2.75) is 12.5 Å². The van der Waals surface area contributed by atoms with Crippen LogP contribution >= 0.6 is 0 Å². The van der Waals surface area contributed by atoms with Crippen molar-refractivity contribution in [3.05, 3.63) is 73.3 Å². The largest absolute Gasteiger partial charge is 0.334 e. The molecule has 0 radical (unpaired) electrons. The minimum absolute atomic E-state index is 0.315. The lowest BCUT2D eigenvalue weighted by Gasteiger charge is -2.25. The summed E-state index contributed by atoms with van der Waals surface area (Å²) in [6.07, 6.45) is 3.18. The second-order valence-electron chi connectivity index (χ2n) is 6.85. The van der Waals surface area contributed by atoms with Crippen LogP contribution in [0.4, 0.5) is 4.79 Å². The summed E-state index contributed by atoms with van der Waals surface area (Å²) in [7, 11) is 0. The number of hydrogen-bond acceptors (Lipinski definition) is 3. The van der Waals surface area contributed by atoms with Crippen molar-refractivity contribution in [2.75, 3.05) is 19.6 Å². The molecule has 1 unspecified atom stereocenters. The van der Waals surface area contributed by atoms with E-state index in [9.17, 15) is 14.4 Å². The minimum Gasteiger partial charge on any atom is -0.334 e. The molecule has 28 heavy (non-hydrogen) atoms. The molecule has 4 amide bonds. The number of hydrogen-bond donors (Lipinski definition) is 1. The average Bonchev–Trinajstić information content (AvgIpc) is 2.91. The SMILES string of the molecule is C=CCN(CC=C)C(=O)CN1C(=O)NC(C)(c2cccc3ccccc23)C1=O. The molecule has 0 aromatic heterocycles. The monoisotopic (exact) mass is 377 g/mol. The Hall–Kier alpha value is -3.41. The molecule has 6 nitrogen and oxygen atoms in total. The first-order valence-corrected chi connectivity index (χ1v) is 9.04. The Balaban J connectivity index is 1.91. The van der Waals surface area contributed by atoms with Crippen molar-refractivity contribution in [1.82, 2.24) is 15.1 Å². The van der Waals surface area contributed by atoms with Crippen LogP contribution in [0.5, 0.6) is 0 Å². The first kappa shape index (κ1) is 19.4. The van der Waals surface area contributed by atoms with Gasteiger partial charge < -0.3 is 10.2 Å². The zero-order valence-electron chi connectivity index (χ0n) is 15.9. The Morgan fingerprint density at radius 3 is 2.43 bits per heavy atom. The normalized spacial score (nSPS) is 18.8. The summed E-state index contributed by atoms with van der Waals surface area (Å²) in [6, 6.07) is 12.7. The maximum atomic E-state index is 13.2. The molecule has 0 spiro atoms. The molecule has 1 aliphatic heterocycles. The van der Waals surface area contributed by atoms with Crippen molar-refractivity contribution in [3.8, 4) is 0 Å². The number of amides is 4. The highest BCUT2D eigenvalue weighted by Crippen LogP contribution is 2.33.